The summed E-state index contributed by atoms with van der Waals surface area (Å²) in [5, 5.41) is 0. The van der Waals surface area contributed by atoms with Crippen molar-refractivity contribution >= 4 is 17.9 Å². The Morgan fingerprint density at radius 2 is 0.569 bits per heavy atom. The van der Waals surface area contributed by atoms with Crippen LogP contribution in [0.2, 0.25) is 0 Å². The lowest BCUT2D eigenvalue weighted by Gasteiger charge is -2.18. The van der Waals surface area contributed by atoms with Gasteiger partial charge in [0.2, 0.25) is 0 Å². The highest BCUT2D eigenvalue weighted by Crippen LogP contribution is 2.17. The number of rotatable bonds is 47. The lowest BCUT2D eigenvalue weighted by atomic mass is 10.0. The van der Waals surface area contributed by atoms with Gasteiger partial charge >= 0.3 is 17.9 Å². The first-order valence-electron chi connectivity index (χ1n) is 25.9. The summed E-state index contributed by atoms with van der Waals surface area (Å²) >= 11 is 0. The molecule has 0 aliphatic carbocycles. The zero-order valence-electron chi connectivity index (χ0n) is 39.5. The van der Waals surface area contributed by atoms with E-state index in [4.69, 9.17) is 14.2 Å². The molecule has 344 valence electrons. The van der Waals surface area contributed by atoms with Crippen LogP contribution in [0.3, 0.4) is 0 Å². The molecule has 0 aromatic rings. The molecule has 0 unspecified atom stereocenters. The molecule has 0 aliphatic rings. The van der Waals surface area contributed by atoms with Crippen LogP contribution < -0.4 is 0 Å². The summed E-state index contributed by atoms with van der Waals surface area (Å²) in [4.78, 5) is 37.9. The summed E-state index contributed by atoms with van der Waals surface area (Å²) < 4.78 is 16.8. The van der Waals surface area contributed by atoms with Gasteiger partial charge < -0.3 is 14.2 Å². The number of carbonyl (C=O) groups excluding carboxylic acids is 3. The summed E-state index contributed by atoms with van der Waals surface area (Å²) in [6, 6.07) is 0. The van der Waals surface area contributed by atoms with Crippen molar-refractivity contribution in [3.8, 4) is 0 Å². The summed E-state index contributed by atoms with van der Waals surface area (Å²) in [6.45, 7) is 9.02. The largest absolute Gasteiger partial charge is 0.462 e. The van der Waals surface area contributed by atoms with Crippen LogP contribution in [0.1, 0.15) is 291 Å². The van der Waals surface area contributed by atoms with E-state index in [1.54, 1.807) is 0 Å². The molecular formula is C52H100O6. The molecule has 6 heteroatoms. The Bertz CT molecular complexity index is 872. The topological polar surface area (TPSA) is 78.9 Å². The summed E-state index contributed by atoms with van der Waals surface area (Å²) in [7, 11) is 0. The number of carbonyl (C=O) groups is 3. The Hall–Kier alpha value is -1.59. The maximum Gasteiger partial charge on any atom is 0.306 e. The van der Waals surface area contributed by atoms with E-state index in [1.807, 2.05) is 0 Å². The summed E-state index contributed by atoms with van der Waals surface area (Å²) in [6.07, 6.45) is 48.0. The maximum atomic E-state index is 12.8. The van der Waals surface area contributed by atoms with Gasteiger partial charge in [-0.25, -0.2) is 0 Å². The summed E-state index contributed by atoms with van der Waals surface area (Å²) in [5.74, 6) is -0.0132. The minimum atomic E-state index is -0.760. The van der Waals surface area contributed by atoms with Crippen molar-refractivity contribution in [2.75, 3.05) is 13.2 Å². The number of unbranched alkanes of at least 4 members (excludes halogenated alkanes) is 34. The monoisotopic (exact) mass is 821 g/mol. The highest BCUT2D eigenvalue weighted by molar-refractivity contribution is 5.71. The number of esters is 3. The van der Waals surface area contributed by atoms with Gasteiger partial charge in [-0.2, -0.15) is 0 Å². The van der Waals surface area contributed by atoms with Crippen LogP contribution in [-0.2, 0) is 28.6 Å². The summed E-state index contributed by atoms with van der Waals surface area (Å²) in [5.41, 5.74) is 0. The van der Waals surface area contributed by atoms with Crippen molar-refractivity contribution < 1.29 is 28.6 Å². The maximum absolute atomic E-state index is 12.8. The van der Waals surface area contributed by atoms with Gasteiger partial charge in [-0.15, -0.1) is 0 Å². The molecule has 0 radical (unpaired) electrons. The van der Waals surface area contributed by atoms with Gasteiger partial charge in [0, 0.05) is 19.3 Å². The number of hydrogen-bond acceptors (Lipinski definition) is 6. The zero-order chi connectivity index (χ0) is 42.4. The number of hydrogen-bond donors (Lipinski definition) is 0. The highest BCUT2D eigenvalue weighted by Gasteiger charge is 2.19. The van der Waals surface area contributed by atoms with Crippen molar-refractivity contribution in [1.29, 1.82) is 0 Å². The first kappa shape index (κ1) is 56.4. The Balaban J connectivity index is 4.29. The highest BCUT2D eigenvalue weighted by atomic mass is 16.6. The van der Waals surface area contributed by atoms with Crippen molar-refractivity contribution in [1.82, 2.24) is 0 Å². The standard InChI is InChI=1S/C52H100O6/c1-5-7-9-11-13-15-17-18-19-20-24-28-32-36-40-44-51(54)57-47-49(46-56-50(53)43-39-35-31-27-16-14-12-10-8-6-2)58-52(55)45-41-37-33-29-25-22-21-23-26-30-34-38-42-48(3)4/h48-49H,5-47H2,1-4H3/t49-/m1/s1. The normalized spacial score (nSPS) is 11.9. The fourth-order valence-electron chi connectivity index (χ4n) is 7.86. The predicted molar refractivity (Wildman–Crippen MR) is 247 cm³/mol. The molecule has 0 aromatic heterocycles. The third-order valence-electron chi connectivity index (χ3n) is 11.8. The lowest BCUT2D eigenvalue weighted by Crippen LogP contribution is -2.30. The van der Waals surface area contributed by atoms with Crippen LogP contribution in [0.15, 0.2) is 0 Å². The van der Waals surface area contributed by atoms with E-state index in [-0.39, 0.29) is 31.1 Å². The van der Waals surface area contributed by atoms with E-state index < -0.39 is 6.10 Å². The lowest BCUT2D eigenvalue weighted by molar-refractivity contribution is -0.167. The van der Waals surface area contributed by atoms with Gasteiger partial charge in [0.15, 0.2) is 6.10 Å². The fourth-order valence-corrected chi connectivity index (χ4v) is 7.86. The van der Waals surface area contributed by atoms with Gasteiger partial charge in [0.25, 0.3) is 0 Å². The molecule has 0 saturated carbocycles. The van der Waals surface area contributed by atoms with E-state index in [1.165, 1.54) is 186 Å². The second-order valence-corrected chi connectivity index (χ2v) is 18.3. The van der Waals surface area contributed by atoms with Crippen molar-refractivity contribution in [2.24, 2.45) is 5.92 Å². The third-order valence-corrected chi connectivity index (χ3v) is 11.8. The molecule has 0 heterocycles. The van der Waals surface area contributed by atoms with Crippen LogP contribution in [0.4, 0.5) is 0 Å². The van der Waals surface area contributed by atoms with Crippen molar-refractivity contribution in [3.05, 3.63) is 0 Å². The zero-order valence-corrected chi connectivity index (χ0v) is 39.5. The molecule has 0 amide bonds. The first-order chi connectivity index (χ1) is 28.4. The molecule has 0 fully saturated rings. The minimum absolute atomic E-state index is 0.0627. The second kappa shape index (κ2) is 46.5. The molecule has 6 nitrogen and oxygen atoms in total. The first-order valence-corrected chi connectivity index (χ1v) is 25.9. The smallest absolute Gasteiger partial charge is 0.306 e. The molecule has 0 spiro atoms. The van der Waals surface area contributed by atoms with Crippen LogP contribution in [-0.4, -0.2) is 37.2 Å². The van der Waals surface area contributed by atoms with Crippen molar-refractivity contribution in [2.45, 2.75) is 297 Å². The van der Waals surface area contributed by atoms with Crippen LogP contribution in [0.25, 0.3) is 0 Å². The molecular weight excluding hydrogens is 721 g/mol. The van der Waals surface area contributed by atoms with E-state index in [9.17, 15) is 14.4 Å². The average Bonchev–Trinajstić information content (AvgIpc) is 3.21. The van der Waals surface area contributed by atoms with Crippen LogP contribution in [0, 0.1) is 5.92 Å². The predicted octanol–water partition coefficient (Wildman–Crippen LogP) is 16.7. The molecule has 0 saturated heterocycles. The average molecular weight is 821 g/mol. The van der Waals surface area contributed by atoms with Crippen LogP contribution in [0.5, 0.6) is 0 Å². The Morgan fingerprint density at radius 3 is 0.845 bits per heavy atom. The third kappa shape index (κ3) is 45.5. The van der Waals surface area contributed by atoms with Gasteiger partial charge in [0.05, 0.1) is 0 Å². The van der Waals surface area contributed by atoms with E-state index in [0.29, 0.717) is 19.3 Å². The fraction of sp³-hybridized carbons (Fsp3) is 0.942. The second-order valence-electron chi connectivity index (χ2n) is 18.3. The van der Waals surface area contributed by atoms with E-state index >= 15 is 0 Å². The molecule has 0 aliphatic heterocycles. The SMILES string of the molecule is CCCCCCCCCCCCCCCCCC(=O)OC[C@@H](COC(=O)CCCCCCCCCCCC)OC(=O)CCCCCCCCCCCCCCC(C)C. The molecule has 58 heavy (non-hydrogen) atoms. The van der Waals surface area contributed by atoms with Gasteiger partial charge in [-0.05, 0) is 25.2 Å². The van der Waals surface area contributed by atoms with Crippen LogP contribution >= 0.6 is 0 Å². The molecule has 0 bridgehead atoms. The van der Waals surface area contributed by atoms with E-state index in [0.717, 1.165) is 63.7 Å². The minimum Gasteiger partial charge on any atom is -0.462 e. The quantitative estimate of drug-likeness (QED) is 0.0346. The molecule has 1 atom stereocenters. The number of ether oxygens (including phenoxy) is 3. The van der Waals surface area contributed by atoms with Crippen molar-refractivity contribution in [3.63, 3.8) is 0 Å². The molecule has 0 rings (SSSR count). The van der Waals surface area contributed by atoms with Gasteiger partial charge in [-0.1, -0.05) is 252 Å². The van der Waals surface area contributed by atoms with Gasteiger partial charge in [0.1, 0.15) is 13.2 Å². The molecule has 0 N–H and O–H groups in total. The van der Waals surface area contributed by atoms with E-state index in [2.05, 4.69) is 27.7 Å². The Labute approximate surface area is 361 Å². The Kier molecular flexibility index (Phi) is 45.2. The molecule has 0 aromatic carbocycles. The Morgan fingerprint density at radius 1 is 0.328 bits per heavy atom. The van der Waals surface area contributed by atoms with Gasteiger partial charge in [-0.3, -0.25) is 14.4 Å².